The Morgan fingerprint density at radius 1 is 0.971 bits per heavy atom. The van der Waals surface area contributed by atoms with E-state index in [1.54, 1.807) is 62.4 Å². The zero-order valence-electron chi connectivity index (χ0n) is 18.8. The van der Waals surface area contributed by atoms with E-state index in [1.165, 1.54) is 18.3 Å². The molecule has 1 amide bonds. The number of nitrogens with zero attached hydrogens (tertiary/aromatic N) is 1. The van der Waals surface area contributed by atoms with Gasteiger partial charge in [0.05, 0.1) is 23.4 Å². The van der Waals surface area contributed by atoms with Gasteiger partial charge in [-0.2, -0.15) is 5.10 Å². The molecule has 7 nitrogen and oxygen atoms in total. The number of rotatable bonds is 9. The highest BCUT2D eigenvalue weighted by atomic mass is 35.5. The largest absolute Gasteiger partial charge is 0.490 e. The normalized spacial score (nSPS) is 11.7. The first kappa shape index (κ1) is 26.3. The lowest BCUT2D eigenvalue weighted by molar-refractivity contribution is -0.127. The molecule has 10 heteroatoms. The summed E-state index contributed by atoms with van der Waals surface area (Å²) >= 11 is 17.8. The van der Waals surface area contributed by atoms with Crippen LogP contribution in [0.1, 0.15) is 29.8 Å². The second-order valence-electron chi connectivity index (χ2n) is 7.10. The molecule has 0 unspecified atom stereocenters. The van der Waals surface area contributed by atoms with Crippen molar-refractivity contribution in [1.29, 1.82) is 0 Å². The van der Waals surface area contributed by atoms with E-state index in [4.69, 9.17) is 49.0 Å². The van der Waals surface area contributed by atoms with Crippen LogP contribution < -0.4 is 19.6 Å². The molecule has 0 heterocycles. The van der Waals surface area contributed by atoms with Crippen LogP contribution >= 0.6 is 34.8 Å². The van der Waals surface area contributed by atoms with Crippen LogP contribution in [-0.2, 0) is 4.79 Å². The third-order valence-electron chi connectivity index (χ3n) is 4.51. The number of ether oxygens (including phenoxy) is 3. The zero-order chi connectivity index (χ0) is 25.4. The summed E-state index contributed by atoms with van der Waals surface area (Å²) in [6, 6.07) is 16.0. The summed E-state index contributed by atoms with van der Waals surface area (Å²) in [6.07, 6.45) is 0.644. The van der Waals surface area contributed by atoms with Gasteiger partial charge >= 0.3 is 5.97 Å². The number of hydrogen-bond donors (Lipinski definition) is 1. The first-order valence-electron chi connectivity index (χ1n) is 10.5. The Bertz CT molecular complexity index is 1230. The Morgan fingerprint density at radius 2 is 1.69 bits per heavy atom. The summed E-state index contributed by atoms with van der Waals surface area (Å²) in [4.78, 5) is 24.8. The van der Waals surface area contributed by atoms with E-state index in [9.17, 15) is 9.59 Å². The van der Waals surface area contributed by atoms with Crippen LogP contribution in [-0.4, -0.2) is 30.8 Å². The molecule has 0 saturated carbocycles. The number of hydrogen-bond acceptors (Lipinski definition) is 6. The van der Waals surface area contributed by atoms with Crippen molar-refractivity contribution < 1.29 is 23.8 Å². The number of carbonyl (C=O) groups excluding carboxylic acids is 2. The number of halogens is 3. The lowest BCUT2D eigenvalue weighted by Crippen LogP contribution is -2.33. The highest BCUT2D eigenvalue weighted by Crippen LogP contribution is 2.30. The molecule has 0 aliphatic heterocycles. The minimum atomic E-state index is -0.784. The van der Waals surface area contributed by atoms with E-state index >= 15 is 0 Å². The van der Waals surface area contributed by atoms with Crippen molar-refractivity contribution >= 4 is 52.9 Å². The minimum Gasteiger partial charge on any atom is -0.490 e. The number of nitrogens with one attached hydrogen (secondary N) is 1. The van der Waals surface area contributed by atoms with Gasteiger partial charge in [0.1, 0.15) is 5.75 Å². The van der Waals surface area contributed by atoms with Crippen LogP contribution in [0.15, 0.2) is 65.8 Å². The third kappa shape index (κ3) is 7.62. The molecule has 0 spiro atoms. The molecule has 0 aliphatic rings. The molecule has 0 fully saturated rings. The van der Waals surface area contributed by atoms with Gasteiger partial charge in [0, 0.05) is 10.0 Å². The quantitative estimate of drug-likeness (QED) is 0.153. The maximum Gasteiger partial charge on any atom is 0.345 e. The van der Waals surface area contributed by atoms with Gasteiger partial charge in [0.15, 0.2) is 17.6 Å². The third-order valence-corrected chi connectivity index (χ3v) is 5.31. The summed E-state index contributed by atoms with van der Waals surface area (Å²) in [5, 5.41) is 5.11. The van der Waals surface area contributed by atoms with Crippen molar-refractivity contribution in [1.82, 2.24) is 5.43 Å². The fraction of sp³-hybridized carbons (Fsp3) is 0.160. The molecule has 0 aromatic heterocycles. The Labute approximate surface area is 217 Å². The predicted molar refractivity (Wildman–Crippen MR) is 136 cm³/mol. The number of esters is 1. The number of hydrazone groups is 1. The van der Waals surface area contributed by atoms with Crippen molar-refractivity contribution in [3.05, 3.63) is 86.9 Å². The van der Waals surface area contributed by atoms with Gasteiger partial charge in [-0.15, -0.1) is 0 Å². The molecule has 0 saturated heterocycles. The second kappa shape index (κ2) is 12.4. The van der Waals surface area contributed by atoms with Gasteiger partial charge in [0.25, 0.3) is 5.91 Å². The first-order chi connectivity index (χ1) is 16.8. The van der Waals surface area contributed by atoms with Crippen molar-refractivity contribution in [3.63, 3.8) is 0 Å². The molecular weight excluding hydrogens is 515 g/mol. The van der Waals surface area contributed by atoms with Crippen LogP contribution in [0.5, 0.6) is 17.2 Å². The molecular formula is C25H21Cl3N2O5. The lowest BCUT2D eigenvalue weighted by Gasteiger charge is -2.13. The standard InChI is InChI=1S/C25H21Cl3N2O5/c1-3-33-23-12-16(4-11-22(23)35-25(32)20-10-7-18(27)13-21(20)28)14-29-30-24(31)15(2)34-19-8-5-17(26)6-9-19/h4-15H,3H2,1-2H3,(H,30,31)/b29-14-/t15-/m1/s1. The predicted octanol–water partition coefficient (Wildman–Crippen LogP) is 6.18. The zero-order valence-corrected chi connectivity index (χ0v) is 21.0. The molecule has 3 aromatic rings. The summed E-state index contributed by atoms with van der Waals surface area (Å²) in [7, 11) is 0. The van der Waals surface area contributed by atoms with Gasteiger partial charge < -0.3 is 14.2 Å². The van der Waals surface area contributed by atoms with Crippen LogP contribution in [0.2, 0.25) is 15.1 Å². The van der Waals surface area contributed by atoms with Crippen LogP contribution in [0.4, 0.5) is 0 Å². The first-order valence-corrected chi connectivity index (χ1v) is 11.6. The Kier molecular flexibility index (Phi) is 9.37. The molecule has 1 N–H and O–H groups in total. The van der Waals surface area contributed by atoms with Gasteiger partial charge in [-0.25, -0.2) is 10.2 Å². The molecule has 0 radical (unpaired) electrons. The fourth-order valence-electron chi connectivity index (χ4n) is 2.80. The summed E-state index contributed by atoms with van der Waals surface area (Å²) in [6.45, 7) is 3.73. The summed E-state index contributed by atoms with van der Waals surface area (Å²) < 4.78 is 16.6. The van der Waals surface area contributed by atoms with Crippen LogP contribution in [0.25, 0.3) is 0 Å². The van der Waals surface area contributed by atoms with Crippen LogP contribution in [0.3, 0.4) is 0 Å². The Morgan fingerprint density at radius 3 is 2.37 bits per heavy atom. The van der Waals surface area contributed by atoms with E-state index < -0.39 is 18.0 Å². The molecule has 35 heavy (non-hydrogen) atoms. The summed E-state index contributed by atoms with van der Waals surface area (Å²) in [5.41, 5.74) is 3.19. The smallest absolute Gasteiger partial charge is 0.345 e. The lowest BCUT2D eigenvalue weighted by atomic mass is 10.2. The number of amides is 1. The maximum absolute atomic E-state index is 12.5. The van der Waals surface area contributed by atoms with Crippen molar-refractivity contribution in [2.24, 2.45) is 5.10 Å². The van der Waals surface area contributed by atoms with Gasteiger partial charge in [-0.05, 0) is 80.1 Å². The topological polar surface area (TPSA) is 86.2 Å². The molecule has 182 valence electrons. The Balaban J connectivity index is 1.64. The van der Waals surface area contributed by atoms with Crippen molar-refractivity contribution in [2.75, 3.05) is 6.61 Å². The molecule has 0 bridgehead atoms. The molecule has 0 aliphatic carbocycles. The number of benzene rings is 3. The van der Waals surface area contributed by atoms with E-state index in [1.807, 2.05) is 0 Å². The second-order valence-corrected chi connectivity index (χ2v) is 8.38. The summed E-state index contributed by atoms with van der Waals surface area (Å²) in [5.74, 6) is -0.0651. The fourth-order valence-corrected chi connectivity index (χ4v) is 3.41. The Hall–Kier alpha value is -3.26. The average molecular weight is 536 g/mol. The average Bonchev–Trinajstić information content (AvgIpc) is 2.82. The molecule has 3 rings (SSSR count). The maximum atomic E-state index is 12.5. The van der Waals surface area contributed by atoms with E-state index in [2.05, 4.69) is 10.5 Å². The molecule has 1 atom stereocenters. The van der Waals surface area contributed by atoms with Crippen molar-refractivity contribution in [3.8, 4) is 17.2 Å². The van der Waals surface area contributed by atoms with Crippen LogP contribution in [0, 0.1) is 0 Å². The SMILES string of the molecule is CCOc1cc(/C=N\NC(=O)[C@@H](C)Oc2ccc(Cl)cc2)ccc1OC(=O)c1ccc(Cl)cc1Cl. The van der Waals surface area contributed by atoms with Crippen molar-refractivity contribution in [2.45, 2.75) is 20.0 Å². The highest BCUT2D eigenvalue weighted by Gasteiger charge is 2.17. The van der Waals surface area contributed by atoms with Gasteiger partial charge in [0.2, 0.25) is 0 Å². The van der Waals surface area contributed by atoms with E-state index in [-0.39, 0.29) is 16.3 Å². The van der Waals surface area contributed by atoms with E-state index in [0.717, 1.165) is 0 Å². The monoisotopic (exact) mass is 534 g/mol. The molecule has 3 aromatic carbocycles. The van der Waals surface area contributed by atoms with E-state index in [0.29, 0.717) is 33.7 Å². The number of carbonyl (C=O) groups is 2. The minimum absolute atomic E-state index is 0.168. The van der Waals surface area contributed by atoms with Gasteiger partial charge in [-0.3, -0.25) is 4.79 Å². The highest BCUT2D eigenvalue weighted by molar-refractivity contribution is 6.36. The van der Waals surface area contributed by atoms with Gasteiger partial charge in [-0.1, -0.05) is 34.8 Å².